The zero-order valence-corrected chi connectivity index (χ0v) is 8.79. The standard InChI is InChI=1S/C9H13NO3S/c1-6-10-7(5-14-6)8(11)4-9-12-2-3-13-9/h5,8-9,11H,2-4H2,1H3. The first-order valence-electron chi connectivity index (χ1n) is 4.59. The molecular formula is C9H13NO3S. The predicted molar refractivity (Wildman–Crippen MR) is 52.1 cm³/mol. The molecule has 0 aromatic carbocycles. The maximum absolute atomic E-state index is 9.78. The molecule has 1 fully saturated rings. The number of nitrogens with zero attached hydrogens (tertiary/aromatic N) is 1. The second-order valence-corrected chi connectivity index (χ2v) is 4.28. The Morgan fingerprint density at radius 1 is 1.64 bits per heavy atom. The lowest BCUT2D eigenvalue weighted by Crippen LogP contribution is -2.13. The third kappa shape index (κ3) is 2.30. The third-order valence-electron chi connectivity index (χ3n) is 2.08. The van der Waals surface area contributed by atoms with Crippen LogP contribution in [0.3, 0.4) is 0 Å². The van der Waals surface area contributed by atoms with Gasteiger partial charge in [-0.15, -0.1) is 11.3 Å². The van der Waals surface area contributed by atoms with Crippen molar-refractivity contribution in [2.24, 2.45) is 0 Å². The van der Waals surface area contributed by atoms with Crippen LogP contribution < -0.4 is 0 Å². The second-order valence-electron chi connectivity index (χ2n) is 3.21. The Kier molecular flexibility index (Phi) is 3.12. The number of hydrogen-bond donors (Lipinski definition) is 1. The minimum absolute atomic E-state index is 0.271. The van der Waals surface area contributed by atoms with Crippen LogP contribution in [-0.4, -0.2) is 29.6 Å². The average Bonchev–Trinajstić information content (AvgIpc) is 2.75. The Morgan fingerprint density at radius 2 is 2.36 bits per heavy atom. The van der Waals surface area contributed by atoms with Gasteiger partial charge in [0, 0.05) is 11.8 Å². The minimum atomic E-state index is -0.581. The van der Waals surface area contributed by atoms with Gasteiger partial charge in [0.1, 0.15) is 6.10 Å². The van der Waals surface area contributed by atoms with Crippen molar-refractivity contribution in [1.82, 2.24) is 4.98 Å². The van der Waals surface area contributed by atoms with Gasteiger partial charge in [-0.3, -0.25) is 0 Å². The van der Waals surface area contributed by atoms with E-state index in [1.807, 2.05) is 12.3 Å². The molecule has 1 aliphatic heterocycles. The number of aliphatic hydroxyl groups excluding tert-OH is 1. The van der Waals surface area contributed by atoms with Crippen molar-refractivity contribution >= 4 is 11.3 Å². The van der Waals surface area contributed by atoms with Crippen LogP contribution in [0, 0.1) is 6.92 Å². The molecule has 1 aliphatic rings. The van der Waals surface area contributed by atoms with Crippen LogP contribution in [0.15, 0.2) is 5.38 Å². The molecule has 0 spiro atoms. The summed E-state index contributed by atoms with van der Waals surface area (Å²) in [4.78, 5) is 4.21. The smallest absolute Gasteiger partial charge is 0.160 e. The molecule has 78 valence electrons. The third-order valence-corrected chi connectivity index (χ3v) is 2.88. The van der Waals surface area contributed by atoms with E-state index in [4.69, 9.17) is 9.47 Å². The highest BCUT2D eigenvalue weighted by atomic mass is 32.1. The largest absolute Gasteiger partial charge is 0.387 e. The molecule has 4 nitrogen and oxygen atoms in total. The van der Waals surface area contributed by atoms with Crippen LogP contribution in [0.4, 0.5) is 0 Å². The molecule has 0 amide bonds. The molecule has 1 unspecified atom stereocenters. The van der Waals surface area contributed by atoms with Crippen molar-refractivity contribution in [3.8, 4) is 0 Å². The lowest BCUT2D eigenvalue weighted by molar-refractivity contribution is -0.0713. The summed E-state index contributed by atoms with van der Waals surface area (Å²) in [5, 5.41) is 12.6. The summed E-state index contributed by atoms with van der Waals surface area (Å²) in [6.07, 6.45) is -0.390. The van der Waals surface area contributed by atoms with E-state index in [1.165, 1.54) is 11.3 Å². The number of aryl methyl sites for hydroxylation is 1. The van der Waals surface area contributed by atoms with Gasteiger partial charge in [-0.2, -0.15) is 0 Å². The maximum Gasteiger partial charge on any atom is 0.160 e. The topological polar surface area (TPSA) is 51.6 Å². The second kappa shape index (κ2) is 4.35. The lowest BCUT2D eigenvalue weighted by Gasteiger charge is -2.12. The molecule has 1 aromatic heterocycles. The molecule has 5 heteroatoms. The molecule has 1 saturated heterocycles. The highest BCUT2D eigenvalue weighted by Gasteiger charge is 2.22. The molecule has 1 aromatic rings. The van der Waals surface area contributed by atoms with Crippen molar-refractivity contribution in [3.05, 3.63) is 16.1 Å². The monoisotopic (exact) mass is 215 g/mol. The van der Waals surface area contributed by atoms with Crippen molar-refractivity contribution in [2.45, 2.75) is 25.7 Å². The molecule has 2 rings (SSSR count). The Bertz CT molecular complexity index is 296. The number of aliphatic hydroxyl groups is 1. The number of aromatic nitrogens is 1. The fraction of sp³-hybridized carbons (Fsp3) is 0.667. The first-order chi connectivity index (χ1) is 6.75. The Balaban J connectivity index is 1.91. The van der Waals surface area contributed by atoms with E-state index >= 15 is 0 Å². The molecule has 1 atom stereocenters. The summed E-state index contributed by atoms with van der Waals surface area (Å²) >= 11 is 1.54. The quantitative estimate of drug-likeness (QED) is 0.824. The van der Waals surface area contributed by atoms with Gasteiger partial charge < -0.3 is 14.6 Å². The number of thiazole rings is 1. The van der Waals surface area contributed by atoms with Crippen molar-refractivity contribution in [2.75, 3.05) is 13.2 Å². The number of ether oxygens (including phenoxy) is 2. The molecular weight excluding hydrogens is 202 g/mol. The zero-order chi connectivity index (χ0) is 9.97. The van der Waals surface area contributed by atoms with Gasteiger partial charge in [0.15, 0.2) is 6.29 Å². The summed E-state index contributed by atoms with van der Waals surface area (Å²) in [5.74, 6) is 0. The van der Waals surface area contributed by atoms with Gasteiger partial charge in [0.2, 0.25) is 0 Å². The van der Waals surface area contributed by atoms with Crippen molar-refractivity contribution in [3.63, 3.8) is 0 Å². The fourth-order valence-corrected chi connectivity index (χ4v) is 2.04. The van der Waals surface area contributed by atoms with Crippen molar-refractivity contribution in [1.29, 1.82) is 0 Å². The van der Waals surface area contributed by atoms with E-state index in [0.29, 0.717) is 25.3 Å². The van der Waals surface area contributed by atoms with E-state index in [1.54, 1.807) is 0 Å². The Hall–Kier alpha value is -0.490. The molecule has 0 saturated carbocycles. The normalized spacial score (nSPS) is 20.1. The predicted octanol–water partition coefficient (Wildman–Crippen LogP) is 1.25. The minimum Gasteiger partial charge on any atom is -0.387 e. The van der Waals surface area contributed by atoms with Crippen LogP contribution in [0.5, 0.6) is 0 Å². The van der Waals surface area contributed by atoms with Gasteiger partial charge in [0.05, 0.1) is 23.9 Å². The highest BCUT2D eigenvalue weighted by molar-refractivity contribution is 7.09. The molecule has 0 radical (unpaired) electrons. The summed E-state index contributed by atoms with van der Waals surface area (Å²) in [6.45, 7) is 3.16. The maximum atomic E-state index is 9.78. The van der Waals surface area contributed by atoms with Gasteiger partial charge in [-0.05, 0) is 6.92 Å². The van der Waals surface area contributed by atoms with E-state index in [2.05, 4.69) is 4.98 Å². The van der Waals surface area contributed by atoms with Gasteiger partial charge in [-0.1, -0.05) is 0 Å². The summed E-state index contributed by atoms with van der Waals surface area (Å²) < 4.78 is 10.5. The summed E-state index contributed by atoms with van der Waals surface area (Å²) in [7, 11) is 0. The highest BCUT2D eigenvalue weighted by Crippen LogP contribution is 2.23. The van der Waals surface area contributed by atoms with Gasteiger partial charge >= 0.3 is 0 Å². The molecule has 0 aliphatic carbocycles. The first-order valence-corrected chi connectivity index (χ1v) is 5.47. The number of rotatable bonds is 3. The van der Waals surface area contributed by atoms with E-state index in [-0.39, 0.29) is 6.29 Å². The van der Waals surface area contributed by atoms with Crippen LogP contribution in [-0.2, 0) is 9.47 Å². The lowest BCUT2D eigenvalue weighted by atomic mass is 10.2. The first kappa shape index (κ1) is 10.0. The molecule has 14 heavy (non-hydrogen) atoms. The van der Waals surface area contributed by atoms with Gasteiger partial charge in [-0.25, -0.2) is 4.98 Å². The zero-order valence-electron chi connectivity index (χ0n) is 7.97. The van der Waals surface area contributed by atoms with Crippen LogP contribution in [0.1, 0.15) is 23.2 Å². The van der Waals surface area contributed by atoms with Gasteiger partial charge in [0.25, 0.3) is 0 Å². The average molecular weight is 215 g/mol. The molecule has 2 heterocycles. The Morgan fingerprint density at radius 3 is 2.93 bits per heavy atom. The van der Waals surface area contributed by atoms with E-state index in [0.717, 1.165) is 5.01 Å². The number of hydrogen-bond acceptors (Lipinski definition) is 5. The summed E-state index contributed by atoms with van der Waals surface area (Å²) in [5.41, 5.74) is 0.714. The van der Waals surface area contributed by atoms with Crippen LogP contribution >= 0.6 is 11.3 Å². The summed E-state index contributed by atoms with van der Waals surface area (Å²) in [6, 6.07) is 0. The Labute approximate surface area is 86.5 Å². The molecule has 1 N–H and O–H groups in total. The fourth-order valence-electron chi connectivity index (χ4n) is 1.38. The van der Waals surface area contributed by atoms with E-state index < -0.39 is 6.10 Å². The van der Waals surface area contributed by atoms with Crippen LogP contribution in [0.25, 0.3) is 0 Å². The van der Waals surface area contributed by atoms with E-state index in [9.17, 15) is 5.11 Å². The van der Waals surface area contributed by atoms with Crippen molar-refractivity contribution < 1.29 is 14.6 Å². The van der Waals surface area contributed by atoms with Crippen LogP contribution in [0.2, 0.25) is 0 Å². The SMILES string of the molecule is Cc1nc(C(O)CC2OCCO2)cs1. The molecule has 0 bridgehead atoms.